The van der Waals surface area contributed by atoms with Crippen LogP contribution in [0.2, 0.25) is 0 Å². The van der Waals surface area contributed by atoms with Gasteiger partial charge < -0.3 is 17.0 Å². The van der Waals surface area contributed by atoms with Crippen molar-refractivity contribution in [2.45, 2.75) is 31.6 Å². The Morgan fingerprint density at radius 1 is 1.27 bits per heavy atom. The summed E-state index contributed by atoms with van der Waals surface area (Å²) in [5, 5.41) is 6.95. The molecule has 0 fully saturated rings. The summed E-state index contributed by atoms with van der Waals surface area (Å²) in [7, 11) is 0. The molecular formula is C12H18BrNS. The highest BCUT2D eigenvalue weighted by molar-refractivity contribution is 8.13. The van der Waals surface area contributed by atoms with Gasteiger partial charge in [-0.05, 0) is 36.2 Å². The molecule has 0 bridgehead atoms. The first-order valence-electron chi connectivity index (χ1n) is 5.02. The van der Waals surface area contributed by atoms with Gasteiger partial charge in [-0.1, -0.05) is 32.0 Å². The van der Waals surface area contributed by atoms with Gasteiger partial charge in [-0.2, -0.15) is 0 Å². The van der Waals surface area contributed by atoms with Gasteiger partial charge >= 0.3 is 0 Å². The minimum absolute atomic E-state index is 0. The average molecular weight is 288 g/mol. The first-order valence-corrected chi connectivity index (χ1v) is 5.84. The van der Waals surface area contributed by atoms with Crippen LogP contribution in [0.25, 0.3) is 0 Å². The largest absolute Gasteiger partial charge is 1.00 e. The second kappa shape index (κ2) is 7.94. The Labute approximate surface area is 107 Å². The third-order valence-corrected chi connectivity index (χ3v) is 2.93. The van der Waals surface area contributed by atoms with E-state index in [2.05, 4.69) is 26.0 Å². The maximum Gasteiger partial charge on any atom is 0.212 e. The van der Waals surface area contributed by atoms with Gasteiger partial charge in [0.2, 0.25) is 5.04 Å². The van der Waals surface area contributed by atoms with E-state index in [1.54, 1.807) is 11.8 Å². The van der Waals surface area contributed by atoms with Crippen molar-refractivity contribution >= 4 is 16.8 Å². The van der Waals surface area contributed by atoms with Crippen molar-refractivity contribution < 1.29 is 22.4 Å². The van der Waals surface area contributed by atoms with Crippen molar-refractivity contribution in [3.63, 3.8) is 0 Å². The standard InChI is InChI=1S/C12H17NS.BrH/c1-10(2)8-9-12(13)14-11-6-4-3-5-7-11;/h3-7,10,13H,8-9H2,1-2H3;1H. The second-order valence-electron chi connectivity index (χ2n) is 3.81. The van der Waals surface area contributed by atoms with Crippen LogP contribution < -0.4 is 22.4 Å². The number of halogens is 1. The average Bonchev–Trinajstić information content (AvgIpc) is 2.16. The van der Waals surface area contributed by atoms with Gasteiger partial charge in [-0.3, -0.25) is 5.41 Å². The number of hydrogen-bond donors (Lipinski definition) is 1. The van der Waals surface area contributed by atoms with E-state index in [1.807, 2.05) is 18.2 Å². The van der Waals surface area contributed by atoms with Crippen molar-refractivity contribution in [2.75, 3.05) is 0 Å². The summed E-state index contributed by atoms with van der Waals surface area (Å²) in [6.07, 6.45) is 2.18. The van der Waals surface area contributed by atoms with Gasteiger partial charge in [0.25, 0.3) is 0 Å². The number of hydrogen-bond acceptors (Lipinski definition) is 1. The van der Waals surface area contributed by atoms with E-state index >= 15 is 0 Å². The van der Waals surface area contributed by atoms with Crippen molar-refractivity contribution in [1.82, 2.24) is 0 Å². The van der Waals surface area contributed by atoms with Gasteiger partial charge in [0.1, 0.15) is 0 Å². The molecule has 3 heteroatoms. The quantitative estimate of drug-likeness (QED) is 0.446. The Balaban J connectivity index is 0.00000196. The van der Waals surface area contributed by atoms with Crippen molar-refractivity contribution in [1.29, 1.82) is 0 Å². The molecule has 0 aliphatic rings. The van der Waals surface area contributed by atoms with Crippen LogP contribution in [0.4, 0.5) is 0 Å². The molecule has 84 valence electrons. The predicted molar refractivity (Wildman–Crippen MR) is 63.3 cm³/mol. The molecule has 1 nitrogen and oxygen atoms in total. The van der Waals surface area contributed by atoms with Crippen LogP contribution in [0, 0.1) is 5.92 Å². The van der Waals surface area contributed by atoms with E-state index < -0.39 is 0 Å². The molecule has 1 aromatic rings. The second-order valence-corrected chi connectivity index (χ2v) is 5.01. The summed E-state index contributed by atoms with van der Waals surface area (Å²) in [6, 6.07) is 10.3. The molecule has 0 unspecified atom stereocenters. The molecule has 0 aliphatic carbocycles. The number of benzene rings is 1. The minimum atomic E-state index is 0. The zero-order valence-electron chi connectivity index (χ0n) is 9.24. The van der Waals surface area contributed by atoms with Crippen LogP contribution in [-0.4, -0.2) is 5.04 Å². The fraction of sp³-hybridized carbons (Fsp3) is 0.417. The molecule has 0 aliphatic heterocycles. The van der Waals surface area contributed by atoms with Crippen molar-refractivity contribution in [3.8, 4) is 0 Å². The summed E-state index contributed by atoms with van der Waals surface area (Å²) in [4.78, 5) is 1.23. The molecular weight excluding hydrogens is 270 g/mol. The van der Waals surface area contributed by atoms with Gasteiger partial charge in [0, 0.05) is 11.3 Å². The van der Waals surface area contributed by atoms with E-state index in [0.29, 0.717) is 0 Å². The molecule has 1 rings (SSSR count). The predicted octanol–water partition coefficient (Wildman–Crippen LogP) is -0.623. The Morgan fingerprint density at radius 3 is 2.40 bits per heavy atom. The van der Waals surface area contributed by atoms with E-state index in [1.165, 1.54) is 11.3 Å². The lowest BCUT2D eigenvalue weighted by molar-refractivity contribution is -0.111. The third-order valence-electron chi connectivity index (χ3n) is 1.96. The minimum Gasteiger partial charge on any atom is -1.00 e. The summed E-state index contributed by atoms with van der Waals surface area (Å²) in [6.45, 7) is 4.45. The van der Waals surface area contributed by atoms with Gasteiger partial charge in [0.15, 0.2) is 0 Å². The molecule has 0 aromatic heterocycles. The zero-order valence-corrected chi connectivity index (χ0v) is 11.6. The van der Waals surface area contributed by atoms with Gasteiger partial charge in [0.05, 0.1) is 0 Å². The maximum absolute atomic E-state index is 5.93. The Bertz CT molecular complexity index is 285. The van der Waals surface area contributed by atoms with Crippen LogP contribution in [0.3, 0.4) is 0 Å². The highest BCUT2D eigenvalue weighted by atomic mass is 79.9. The lowest BCUT2D eigenvalue weighted by Crippen LogP contribution is -3.00. The Morgan fingerprint density at radius 2 is 1.87 bits per heavy atom. The lowest BCUT2D eigenvalue weighted by Gasteiger charge is -2.02. The molecule has 0 saturated heterocycles. The monoisotopic (exact) mass is 287 g/mol. The highest BCUT2D eigenvalue weighted by Crippen LogP contribution is 2.19. The number of thioether (sulfide) groups is 1. The van der Waals surface area contributed by atoms with E-state index in [0.717, 1.165) is 17.4 Å². The Hall–Kier alpha value is -0.280. The highest BCUT2D eigenvalue weighted by Gasteiger charge is 2.06. The first kappa shape index (κ1) is 14.7. The summed E-state index contributed by atoms with van der Waals surface area (Å²) in [5.74, 6) is 0.727. The van der Waals surface area contributed by atoms with Gasteiger partial charge in [-0.15, -0.1) is 0 Å². The third kappa shape index (κ3) is 6.74. The topological polar surface area (TPSA) is 25.6 Å². The van der Waals surface area contributed by atoms with E-state index in [4.69, 9.17) is 5.41 Å². The fourth-order valence-corrected chi connectivity index (χ4v) is 1.94. The smallest absolute Gasteiger partial charge is 0.212 e. The summed E-state index contributed by atoms with van der Waals surface area (Å²) in [5.41, 5.74) is 0. The normalized spacial score (nSPS) is 9.80. The van der Waals surface area contributed by atoms with Crippen molar-refractivity contribution in [2.24, 2.45) is 5.92 Å². The lowest BCUT2D eigenvalue weighted by atomic mass is 10.1. The molecule has 0 saturated carbocycles. The molecule has 2 N–H and O–H groups in total. The first-order chi connectivity index (χ1) is 6.68. The Kier molecular flexibility index (Phi) is 7.79. The maximum atomic E-state index is 5.93. The number of rotatable bonds is 4. The summed E-state index contributed by atoms with van der Waals surface area (Å²) < 4.78 is 0. The van der Waals surface area contributed by atoms with Crippen LogP contribution in [0.5, 0.6) is 0 Å². The van der Waals surface area contributed by atoms with Crippen molar-refractivity contribution in [3.05, 3.63) is 30.3 Å². The fourth-order valence-electron chi connectivity index (χ4n) is 1.12. The molecule has 15 heavy (non-hydrogen) atoms. The molecule has 0 amide bonds. The molecule has 1 aromatic carbocycles. The summed E-state index contributed by atoms with van der Waals surface area (Å²) >= 11 is 1.68. The molecule has 0 heterocycles. The van der Waals surface area contributed by atoms with Crippen LogP contribution in [-0.2, 0) is 0 Å². The number of nitrogens with two attached hydrogens (primary N) is 1. The van der Waals surface area contributed by atoms with Crippen LogP contribution in [0.1, 0.15) is 26.7 Å². The van der Waals surface area contributed by atoms with Gasteiger partial charge in [-0.25, -0.2) is 0 Å². The SMILES string of the molecule is CC(C)CCC(=[NH2+])Sc1ccccc1.[Br-]. The van der Waals surface area contributed by atoms with Crippen LogP contribution >= 0.6 is 11.8 Å². The van der Waals surface area contributed by atoms with Crippen LogP contribution in [0.15, 0.2) is 35.2 Å². The molecule has 0 atom stereocenters. The van der Waals surface area contributed by atoms with E-state index in [-0.39, 0.29) is 17.0 Å². The molecule has 0 spiro atoms. The van der Waals surface area contributed by atoms with E-state index in [9.17, 15) is 0 Å². The molecule has 0 radical (unpaired) electrons. The zero-order chi connectivity index (χ0) is 10.4.